The highest BCUT2D eigenvalue weighted by Crippen LogP contribution is 2.23. The number of hydrogen-bond acceptors (Lipinski definition) is 4. The van der Waals surface area contributed by atoms with Crippen LogP contribution in [-0.2, 0) is 0 Å². The molecule has 0 aliphatic carbocycles. The number of furan rings is 1. The summed E-state index contributed by atoms with van der Waals surface area (Å²) in [4.78, 5) is 12.5. The van der Waals surface area contributed by atoms with E-state index in [2.05, 4.69) is 0 Å². The first-order valence-corrected chi connectivity index (χ1v) is 5.05. The molecule has 4 heteroatoms. The van der Waals surface area contributed by atoms with Crippen LogP contribution in [0.3, 0.4) is 0 Å². The van der Waals surface area contributed by atoms with Crippen molar-refractivity contribution in [1.82, 2.24) is 0 Å². The Labute approximate surface area is 93.1 Å². The van der Waals surface area contributed by atoms with Crippen LogP contribution in [0, 0.1) is 0 Å². The van der Waals surface area contributed by atoms with Crippen molar-refractivity contribution in [2.24, 2.45) is 0 Å². The van der Waals surface area contributed by atoms with E-state index >= 15 is 0 Å². The Morgan fingerprint density at radius 3 is 2.94 bits per heavy atom. The van der Waals surface area contributed by atoms with E-state index in [1.807, 2.05) is 30.1 Å². The van der Waals surface area contributed by atoms with Crippen molar-refractivity contribution in [2.75, 3.05) is 25.1 Å². The molecule has 2 aromatic rings. The lowest BCUT2D eigenvalue weighted by Gasteiger charge is -2.17. The lowest BCUT2D eigenvalue weighted by molar-refractivity contribution is 0.110. The Hall–Kier alpha value is -1.81. The molecule has 0 unspecified atom stereocenters. The minimum absolute atomic E-state index is 0.103. The number of aliphatic hydroxyl groups excluding tert-OH is 1. The third kappa shape index (κ3) is 1.92. The zero-order valence-corrected chi connectivity index (χ0v) is 9.01. The van der Waals surface area contributed by atoms with E-state index in [1.165, 1.54) is 0 Å². The van der Waals surface area contributed by atoms with Crippen LogP contribution >= 0.6 is 0 Å². The van der Waals surface area contributed by atoms with Gasteiger partial charge in [-0.3, -0.25) is 4.79 Å². The summed E-state index contributed by atoms with van der Waals surface area (Å²) in [5, 5.41) is 9.75. The zero-order valence-electron chi connectivity index (χ0n) is 9.01. The van der Waals surface area contributed by atoms with Crippen molar-refractivity contribution in [3.05, 3.63) is 30.0 Å². The van der Waals surface area contributed by atoms with Gasteiger partial charge in [0.15, 0.2) is 12.0 Å². The molecule has 0 fully saturated rings. The minimum Gasteiger partial charge on any atom is -0.453 e. The Kier molecular flexibility index (Phi) is 2.92. The van der Waals surface area contributed by atoms with E-state index in [9.17, 15) is 4.79 Å². The number of nitrogens with zero attached hydrogens (tertiary/aromatic N) is 1. The first kappa shape index (κ1) is 10.7. The first-order chi connectivity index (χ1) is 7.74. The van der Waals surface area contributed by atoms with Gasteiger partial charge in [-0.05, 0) is 18.2 Å². The SMILES string of the molecule is CN(CCO)c1ccc2cc(C=O)oc2c1. The minimum atomic E-state index is 0.103. The van der Waals surface area contributed by atoms with E-state index in [1.54, 1.807) is 6.07 Å². The standard InChI is InChI=1S/C12H13NO3/c1-13(4-5-14)10-3-2-9-6-11(8-15)16-12(9)7-10/h2-3,6-8,14H,4-5H2,1H3. The van der Waals surface area contributed by atoms with Gasteiger partial charge in [-0.1, -0.05) is 0 Å². The van der Waals surface area contributed by atoms with Crippen LogP contribution in [0.25, 0.3) is 11.0 Å². The van der Waals surface area contributed by atoms with Crippen molar-refractivity contribution < 1.29 is 14.3 Å². The summed E-state index contributed by atoms with van der Waals surface area (Å²) < 4.78 is 5.33. The van der Waals surface area contributed by atoms with Crippen molar-refractivity contribution in [2.45, 2.75) is 0 Å². The maximum atomic E-state index is 10.6. The summed E-state index contributed by atoms with van der Waals surface area (Å²) in [6.07, 6.45) is 0.692. The van der Waals surface area contributed by atoms with E-state index in [-0.39, 0.29) is 6.61 Å². The number of rotatable bonds is 4. The van der Waals surface area contributed by atoms with E-state index in [0.29, 0.717) is 24.2 Å². The number of hydrogen-bond donors (Lipinski definition) is 1. The Bertz CT molecular complexity index is 504. The van der Waals surface area contributed by atoms with E-state index in [4.69, 9.17) is 9.52 Å². The lowest BCUT2D eigenvalue weighted by Crippen LogP contribution is -2.20. The van der Waals surface area contributed by atoms with Crippen LogP contribution < -0.4 is 4.90 Å². The van der Waals surface area contributed by atoms with Crippen LogP contribution in [0.4, 0.5) is 5.69 Å². The molecule has 1 aromatic heterocycles. The number of likely N-dealkylation sites (N-methyl/N-ethyl adjacent to an activating group) is 1. The van der Waals surface area contributed by atoms with Crippen LogP contribution in [0.1, 0.15) is 10.6 Å². The van der Waals surface area contributed by atoms with Gasteiger partial charge < -0.3 is 14.4 Å². The van der Waals surface area contributed by atoms with Gasteiger partial charge in [0.05, 0.1) is 6.61 Å². The fourth-order valence-corrected chi connectivity index (χ4v) is 1.61. The number of aldehydes is 1. The second-order valence-corrected chi connectivity index (χ2v) is 3.63. The van der Waals surface area contributed by atoms with Gasteiger partial charge in [-0.15, -0.1) is 0 Å². The Morgan fingerprint density at radius 1 is 1.44 bits per heavy atom. The highest BCUT2D eigenvalue weighted by atomic mass is 16.3. The smallest absolute Gasteiger partial charge is 0.185 e. The molecule has 16 heavy (non-hydrogen) atoms. The van der Waals surface area contributed by atoms with Gasteiger partial charge in [0.25, 0.3) is 0 Å². The molecule has 2 rings (SSSR count). The molecular weight excluding hydrogens is 206 g/mol. The highest BCUT2D eigenvalue weighted by Gasteiger charge is 2.06. The van der Waals surface area contributed by atoms with Gasteiger partial charge in [0.2, 0.25) is 0 Å². The summed E-state index contributed by atoms with van der Waals surface area (Å²) in [5.41, 5.74) is 1.64. The van der Waals surface area contributed by atoms with Crippen molar-refractivity contribution in [3.63, 3.8) is 0 Å². The van der Waals surface area contributed by atoms with Crippen LogP contribution in [-0.4, -0.2) is 31.6 Å². The number of fused-ring (bicyclic) bond motifs is 1. The van der Waals surface area contributed by atoms with Gasteiger partial charge in [0, 0.05) is 30.7 Å². The topological polar surface area (TPSA) is 53.7 Å². The predicted molar refractivity (Wildman–Crippen MR) is 62.0 cm³/mol. The third-order valence-corrected chi connectivity index (χ3v) is 2.52. The largest absolute Gasteiger partial charge is 0.453 e. The molecule has 0 aliphatic rings. The normalized spacial score (nSPS) is 10.6. The average molecular weight is 219 g/mol. The fourth-order valence-electron chi connectivity index (χ4n) is 1.61. The molecule has 1 N–H and O–H groups in total. The van der Waals surface area contributed by atoms with Crippen molar-refractivity contribution >= 4 is 22.9 Å². The third-order valence-electron chi connectivity index (χ3n) is 2.52. The molecule has 1 heterocycles. The molecule has 0 saturated heterocycles. The van der Waals surface area contributed by atoms with Gasteiger partial charge >= 0.3 is 0 Å². The molecule has 0 saturated carbocycles. The molecular formula is C12H13NO3. The van der Waals surface area contributed by atoms with Crippen molar-refractivity contribution in [3.8, 4) is 0 Å². The number of anilines is 1. The summed E-state index contributed by atoms with van der Waals surface area (Å²) in [6, 6.07) is 7.40. The molecule has 1 aromatic carbocycles. The monoisotopic (exact) mass is 219 g/mol. The maximum Gasteiger partial charge on any atom is 0.185 e. The fraction of sp³-hybridized carbons (Fsp3) is 0.250. The Morgan fingerprint density at radius 2 is 2.25 bits per heavy atom. The van der Waals surface area contributed by atoms with Crippen LogP contribution in [0.2, 0.25) is 0 Å². The number of carbonyl (C=O) groups is 1. The molecule has 4 nitrogen and oxygen atoms in total. The summed E-state index contributed by atoms with van der Waals surface area (Å²) in [6.45, 7) is 0.666. The molecule has 0 amide bonds. The second-order valence-electron chi connectivity index (χ2n) is 3.63. The van der Waals surface area contributed by atoms with Crippen LogP contribution in [0.5, 0.6) is 0 Å². The van der Waals surface area contributed by atoms with Gasteiger partial charge in [-0.2, -0.15) is 0 Å². The average Bonchev–Trinajstić information content (AvgIpc) is 2.70. The first-order valence-electron chi connectivity index (χ1n) is 5.05. The predicted octanol–water partition coefficient (Wildman–Crippen LogP) is 1.67. The van der Waals surface area contributed by atoms with Crippen molar-refractivity contribution in [1.29, 1.82) is 0 Å². The van der Waals surface area contributed by atoms with Gasteiger partial charge in [0.1, 0.15) is 5.58 Å². The van der Waals surface area contributed by atoms with Crippen LogP contribution in [0.15, 0.2) is 28.7 Å². The van der Waals surface area contributed by atoms with E-state index in [0.717, 1.165) is 11.1 Å². The number of carbonyl (C=O) groups excluding carboxylic acids is 1. The summed E-state index contributed by atoms with van der Waals surface area (Å²) >= 11 is 0. The van der Waals surface area contributed by atoms with Gasteiger partial charge in [-0.25, -0.2) is 0 Å². The summed E-state index contributed by atoms with van der Waals surface area (Å²) in [5.74, 6) is 0.331. The quantitative estimate of drug-likeness (QED) is 0.795. The Balaban J connectivity index is 2.38. The van der Waals surface area contributed by atoms with E-state index < -0.39 is 0 Å². The number of benzene rings is 1. The molecule has 0 aliphatic heterocycles. The number of aliphatic hydroxyl groups is 1. The molecule has 84 valence electrons. The molecule has 0 spiro atoms. The molecule has 0 radical (unpaired) electrons. The second kappa shape index (κ2) is 4.37. The zero-order chi connectivity index (χ0) is 11.5. The lowest BCUT2D eigenvalue weighted by atomic mass is 10.2. The molecule has 0 atom stereocenters. The molecule has 0 bridgehead atoms. The highest BCUT2D eigenvalue weighted by molar-refractivity contribution is 5.87. The summed E-state index contributed by atoms with van der Waals surface area (Å²) in [7, 11) is 1.89. The maximum absolute atomic E-state index is 10.6.